The van der Waals surface area contributed by atoms with E-state index in [-0.39, 0.29) is 73.5 Å². The van der Waals surface area contributed by atoms with Gasteiger partial charge in [-0.05, 0) is 247 Å². The lowest BCUT2D eigenvalue weighted by Crippen LogP contribution is -2.87. The summed E-state index contributed by atoms with van der Waals surface area (Å²) in [6.45, 7) is -0.573. The molecule has 19 rings (SSSR count). The maximum Gasteiger partial charge on any atom is 0.331 e. The number of hydrogen-bond donors (Lipinski definition) is 7. The first kappa shape index (κ1) is 59.0. The first-order valence-electron chi connectivity index (χ1n) is 36.4. The van der Waals surface area contributed by atoms with E-state index in [1.807, 2.05) is 25.2 Å². The molecule has 14 bridgehead atoms. The van der Waals surface area contributed by atoms with Crippen LogP contribution in [0.25, 0.3) is 0 Å². The van der Waals surface area contributed by atoms with E-state index < -0.39 is 98.4 Å². The number of esters is 1. The Kier molecular flexibility index (Phi) is 13.5. The number of aliphatic hydroxyl groups is 6. The van der Waals surface area contributed by atoms with E-state index in [2.05, 4.69) is 83.9 Å². The maximum absolute atomic E-state index is 16.3. The van der Waals surface area contributed by atoms with Crippen molar-refractivity contribution < 1.29 is 49.7 Å². The van der Waals surface area contributed by atoms with Crippen molar-refractivity contribution in [1.29, 1.82) is 0 Å². The van der Waals surface area contributed by atoms with Gasteiger partial charge in [0.05, 0.1) is 42.5 Å². The maximum atomic E-state index is 16.3. The molecule has 91 heavy (non-hydrogen) atoms. The molecule has 13 aliphatic carbocycles. The second-order valence-corrected chi connectivity index (χ2v) is 33.7. The van der Waals surface area contributed by atoms with Gasteiger partial charge in [0.2, 0.25) is 0 Å². The van der Waals surface area contributed by atoms with Crippen LogP contribution in [0, 0.1) is 116 Å². The predicted octanol–water partition coefficient (Wildman–Crippen LogP) is 10.5. The molecule has 0 radical (unpaired) electrons. The Bertz CT molecular complexity index is 3570. The molecule has 3 heterocycles. The van der Waals surface area contributed by atoms with Crippen molar-refractivity contribution in [2.45, 2.75) is 214 Å². The summed E-state index contributed by atoms with van der Waals surface area (Å²) in [5.41, 5.74) is -4.62. The standard InChI is InChI=1S/C80H97NO10/c1-81-67-38-60-50(14-8-16-54(60)41-82)22-26-73(24-5-6-25-73)42-75-27-23-68-74(44-83)43-76-56(33-55-32-51(20-21-63(55)76)49-12-3-2-4-13-49)35-58-31-47-11-7-10-46(28-47)29-48-18-19-53(30-48)59-17-9-15-52-34-66(72(76)90-58)79(74,88)65(37-61(52)59)71(86)80(68,89)78(75,87)40-57-36-62(67)70-64(39-69(85)91-70)77(57,75)45-84/h2-4,7-16,28,39,44,48,51-53,55-59,61-63,65-68,70-72,81-82,84,86-89H,5-6,17-21,23-25,27,29-38,40-43,45H2,1H3. The van der Waals surface area contributed by atoms with Gasteiger partial charge in [-0.25, -0.2) is 4.79 Å². The molecule has 11 heteroatoms. The van der Waals surface area contributed by atoms with Crippen molar-refractivity contribution >= 4 is 12.3 Å². The molecule has 11 nitrogen and oxygen atoms in total. The van der Waals surface area contributed by atoms with Gasteiger partial charge in [0.15, 0.2) is 0 Å². The summed E-state index contributed by atoms with van der Waals surface area (Å²) in [5.74, 6) is 6.15. The number of carbonyl (C=O) groups excluding carboxylic acids is 2. The molecule has 0 aromatic heterocycles. The van der Waals surface area contributed by atoms with Crippen molar-refractivity contribution in [3.8, 4) is 11.8 Å². The molecular weight excluding hydrogens is 1130 g/mol. The summed E-state index contributed by atoms with van der Waals surface area (Å²) in [5, 5.41) is 89.7. The van der Waals surface area contributed by atoms with Crippen molar-refractivity contribution in [3.63, 3.8) is 0 Å². The average Bonchev–Trinajstić information content (AvgIpc) is 1.58. The molecule has 11 fully saturated rings. The lowest BCUT2D eigenvalue weighted by Gasteiger charge is -2.77. The first-order chi connectivity index (χ1) is 44.1. The first-order valence-corrected chi connectivity index (χ1v) is 36.4. The number of carbonyl (C=O) groups is 2. The number of ether oxygens (including phenoxy) is 2. The van der Waals surface area contributed by atoms with Gasteiger partial charge in [0.1, 0.15) is 23.6 Å². The van der Waals surface area contributed by atoms with Crippen molar-refractivity contribution in [3.05, 3.63) is 130 Å². The number of hydrogen-bond acceptors (Lipinski definition) is 11. The molecule has 3 aliphatic heterocycles. The van der Waals surface area contributed by atoms with Crippen molar-refractivity contribution in [2.75, 3.05) is 13.7 Å². The normalized spacial score (nSPS) is 49.6. The molecule has 3 aromatic carbocycles. The van der Waals surface area contributed by atoms with Gasteiger partial charge in [-0.15, -0.1) is 0 Å². The summed E-state index contributed by atoms with van der Waals surface area (Å²) >= 11 is 0. The highest BCUT2D eigenvalue weighted by atomic mass is 16.5. The summed E-state index contributed by atoms with van der Waals surface area (Å²) in [6.07, 6.45) is 22.0. The third-order valence-electron chi connectivity index (χ3n) is 31.2. The van der Waals surface area contributed by atoms with Gasteiger partial charge in [-0.1, -0.05) is 104 Å². The third-order valence-corrected chi connectivity index (χ3v) is 31.2. The van der Waals surface area contributed by atoms with Gasteiger partial charge < -0.3 is 50.2 Å². The van der Waals surface area contributed by atoms with Crippen LogP contribution < -0.4 is 5.32 Å². The van der Waals surface area contributed by atoms with Gasteiger partial charge >= 0.3 is 5.97 Å². The highest BCUT2D eigenvalue weighted by molar-refractivity contribution is 5.87. The second-order valence-electron chi connectivity index (χ2n) is 33.7. The number of allylic oxidation sites excluding steroid dienone is 2. The fourth-order valence-corrected chi connectivity index (χ4v) is 28.1. The largest absolute Gasteiger partial charge is 0.454 e. The number of benzene rings is 3. The number of aldehydes is 1. The average molecular weight is 1230 g/mol. The van der Waals surface area contributed by atoms with Gasteiger partial charge in [-0.2, -0.15) is 0 Å². The molecular formula is C80H97NO10. The van der Waals surface area contributed by atoms with Gasteiger partial charge in [-0.3, -0.25) is 0 Å². The van der Waals surface area contributed by atoms with E-state index in [0.29, 0.717) is 67.8 Å². The van der Waals surface area contributed by atoms with E-state index in [1.165, 1.54) is 16.7 Å². The molecule has 26 atom stereocenters. The second kappa shape index (κ2) is 20.8. The minimum atomic E-state index is -2.38. The Labute approximate surface area is 538 Å². The zero-order valence-corrected chi connectivity index (χ0v) is 53.4. The molecule has 26 unspecified atom stereocenters. The number of likely N-dealkylation sites (N-methyl/N-ethyl adjacent to an activating group) is 1. The molecule has 3 aromatic rings. The summed E-state index contributed by atoms with van der Waals surface area (Å²) < 4.78 is 14.7. The topological polar surface area (TPSA) is 186 Å². The van der Waals surface area contributed by atoms with E-state index in [4.69, 9.17) is 9.47 Å². The van der Waals surface area contributed by atoms with E-state index in [0.717, 1.165) is 119 Å². The molecule has 0 amide bonds. The number of fused-ring (bicyclic) bond motifs is 11. The summed E-state index contributed by atoms with van der Waals surface area (Å²) in [6, 6.07) is 26.1. The molecule has 7 N–H and O–H groups in total. The van der Waals surface area contributed by atoms with Crippen LogP contribution >= 0.6 is 0 Å². The minimum absolute atomic E-state index is 0.0165. The van der Waals surface area contributed by atoms with Crippen LogP contribution in [-0.2, 0) is 44.9 Å². The van der Waals surface area contributed by atoms with Crippen LogP contribution in [-0.4, -0.2) is 104 Å². The lowest BCUT2D eigenvalue weighted by molar-refractivity contribution is -0.398. The fraction of sp³-hybridized carbons (Fsp3) is 0.675. The Morgan fingerprint density at radius 1 is 0.747 bits per heavy atom. The van der Waals surface area contributed by atoms with Crippen LogP contribution in [0.4, 0.5) is 0 Å². The predicted molar refractivity (Wildman–Crippen MR) is 343 cm³/mol. The molecule has 1 saturated heterocycles. The van der Waals surface area contributed by atoms with Crippen molar-refractivity contribution in [1.82, 2.24) is 5.32 Å². The highest BCUT2D eigenvalue weighted by Crippen LogP contribution is 2.84. The zero-order valence-electron chi connectivity index (χ0n) is 53.4. The number of aliphatic hydroxyl groups excluding tert-OH is 3. The smallest absolute Gasteiger partial charge is 0.331 e. The van der Waals surface area contributed by atoms with Crippen LogP contribution in [0.3, 0.4) is 0 Å². The van der Waals surface area contributed by atoms with Crippen LogP contribution in [0.1, 0.15) is 174 Å². The molecule has 3 spiro atoms. The molecule has 482 valence electrons. The Balaban J connectivity index is 0.865. The van der Waals surface area contributed by atoms with Crippen molar-refractivity contribution in [2.24, 2.45) is 104 Å². The van der Waals surface area contributed by atoms with E-state index in [1.54, 1.807) is 6.08 Å². The van der Waals surface area contributed by atoms with Gasteiger partial charge in [0, 0.05) is 63.0 Å². The van der Waals surface area contributed by atoms with E-state index in [9.17, 15) is 20.1 Å². The summed E-state index contributed by atoms with van der Waals surface area (Å²) in [4.78, 5) is 30.7. The molecule has 16 aliphatic rings. The molecule has 10 saturated carbocycles. The Morgan fingerprint density at radius 2 is 1.57 bits per heavy atom. The van der Waals surface area contributed by atoms with Crippen LogP contribution in [0.15, 0.2) is 96.6 Å². The zero-order chi connectivity index (χ0) is 61.8. The minimum Gasteiger partial charge on any atom is -0.454 e. The SMILES string of the molecule is CNC1Cc2c(cccc2CO)C#CC2(CCCC2)CC23CCC4C5(C=O)CC67C(CC8Cc9cccc(c9)CC9CCC(C9)C9CC=CC%10CC(C6O8)C5(O)C(CC%109)C(O)C4(O)C2(O)CC2CC1C1OC(=O)C=C1C23CO)CC1CC(c2ccccc2)CCC17. The lowest BCUT2D eigenvalue weighted by atomic mass is 9.30. The van der Waals surface area contributed by atoms with Crippen LogP contribution in [0.2, 0.25) is 0 Å². The fourth-order valence-electron chi connectivity index (χ4n) is 28.1. The van der Waals surface area contributed by atoms with E-state index >= 15 is 20.1 Å². The highest BCUT2D eigenvalue weighted by Gasteiger charge is 2.90. The monoisotopic (exact) mass is 1230 g/mol. The number of rotatable bonds is 5. The quantitative estimate of drug-likeness (QED) is 0.0558. The summed E-state index contributed by atoms with van der Waals surface area (Å²) in [7, 11) is 1.93. The number of nitrogens with one attached hydrogen (secondary N) is 1. The Hall–Kier alpha value is -4.48. The van der Waals surface area contributed by atoms with Crippen LogP contribution in [0.5, 0.6) is 0 Å². The third kappa shape index (κ3) is 7.64. The Morgan fingerprint density at radius 3 is 2.37 bits per heavy atom. The van der Waals surface area contributed by atoms with Gasteiger partial charge in [0.25, 0.3) is 0 Å².